The van der Waals surface area contributed by atoms with Crippen LogP contribution in [0.1, 0.15) is 32.1 Å². The Kier molecular flexibility index (Phi) is 7.59. The highest BCUT2D eigenvalue weighted by Crippen LogP contribution is 2.30. The van der Waals surface area contributed by atoms with Gasteiger partial charge < -0.3 is 19.5 Å². The zero-order chi connectivity index (χ0) is 25.0. The predicted octanol–water partition coefficient (Wildman–Crippen LogP) is 3.29. The number of ether oxygens (including phenoxy) is 1. The first kappa shape index (κ1) is 25.0. The Bertz CT molecular complexity index is 1280. The van der Waals surface area contributed by atoms with E-state index in [1.807, 2.05) is 55.2 Å². The number of rotatable bonds is 9. The van der Waals surface area contributed by atoms with E-state index in [1.54, 1.807) is 11.1 Å². The molecule has 0 bridgehead atoms. The molecule has 1 amide bonds. The van der Waals surface area contributed by atoms with E-state index in [0.717, 1.165) is 42.4 Å². The van der Waals surface area contributed by atoms with Gasteiger partial charge in [-0.3, -0.25) is 4.79 Å². The fourth-order valence-corrected chi connectivity index (χ4v) is 5.20. The zero-order valence-electron chi connectivity index (χ0n) is 20.5. The van der Waals surface area contributed by atoms with Crippen molar-refractivity contribution in [3.63, 3.8) is 0 Å². The normalized spacial score (nSPS) is 18.4. The van der Waals surface area contributed by atoms with Crippen molar-refractivity contribution in [1.82, 2.24) is 19.4 Å². The third-order valence-corrected chi connectivity index (χ3v) is 7.38. The van der Waals surface area contributed by atoms with Crippen LogP contribution in [0.15, 0.2) is 42.7 Å². The Hall–Kier alpha value is -3.14. The maximum Gasteiger partial charge on any atom is 0.225 e. The average Bonchev–Trinajstić information content (AvgIpc) is 3.26. The topological polar surface area (TPSA) is 106 Å². The van der Waals surface area contributed by atoms with Crippen LogP contribution in [0.4, 0.5) is 5.95 Å². The number of anilines is 1. The van der Waals surface area contributed by atoms with E-state index in [9.17, 15) is 13.2 Å². The first-order valence-electron chi connectivity index (χ1n) is 11.9. The van der Waals surface area contributed by atoms with Gasteiger partial charge in [-0.1, -0.05) is 6.07 Å². The summed E-state index contributed by atoms with van der Waals surface area (Å²) in [6, 6.07) is 9.87. The summed E-state index contributed by atoms with van der Waals surface area (Å²) in [7, 11) is 0.622. The smallest absolute Gasteiger partial charge is 0.225 e. The van der Waals surface area contributed by atoms with Gasteiger partial charge in [0.2, 0.25) is 11.9 Å². The molecule has 1 aromatic carbocycles. The highest BCUT2D eigenvalue weighted by molar-refractivity contribution is 7.90. The van der Waals surface area contributed by atoms with Crippen molar-refractivity contribution in [2.45, 2.75) is 38.1 Å². The minimum atomic E-state index is -3.00. The molecule has 2 heterocycles. The summed E-state index contributed by atoms with van der Waals surface area (Å²) in [5.74, 6) is 2.44. The molecule has 1 saturated carbocycles. The molecule has 1 N–H and O–H groups in total. The van der Waals surface area contributed by atoms with Crippen LogP contribution in [-0.4, -0.2) is 72.5 Å². The maximum atomic E-state index is 12.2. The van der Waals surface area contributed by atoms with Gasteiger partial charge in [0.1, 0.15) is 21.4 Å². The number of fused-ring (bicyclic) bond motifs is 1. The molecule has 0 atom stereocenters. The van der Waals surface area contributed by atoms with Crippen LogP contribution in [0.3, 0.4) is 0 Å². The summed E-state index contributed by atoms with van der Waals surface area (Å²) in [4.78, 5) is 23.0. The Morgan fingerprint density at radius 2 is 1.94 bits per heavy atom. The van der Waals surface area contributed by atoms with Crippen molar-refractivity contribution in [2.75, 3.05) is 38.0 Å². The minimum Gasteiger partial charge on any atom is -0.493 e. The number of nitrogens with one attached hydrogen (secondary N) is 1. The first-order valence-corrected chi connectivity index (χ1v) is 14.0. The zero-order valence-corrected chi connectivity index (χ0v) is 21.3. The van der Waals surface area contributed by atoms with Gasteiger partial charge in [0.05, 0.1) is 17.9 Å². The second-order valence-electron chi connectivity index (χ2n) is 9.37. The standard InChI is InChI=1S/C25H33N5O4S/c1-29(2)24(31)18-8-10-19(11-9-18)27-25-26-14-12-23(28-25)30-15-13-20-21(30)6-4-7-22(20)34-16-5-17-35(3,32)33/h4,6-7,12-15,18-19H,5,8-11,16-17H2,1-3H3,(H,26,27,28)/t18-,19-. The van der Waals surface area contributed by atoms with Crippen LogP contribution >= 0.6 is 0 Å². The monoisotopic (exact) mass is 499 g/mol. The molecule has 3 aromatic rings. The number of nitrogens with zero attached hydrogens (tertiary/aromatic N) is 4. The van der Waals surface area contributed by atoms with Gasteiger partial charge in [-0.05, 0) is 56.4 Å². The molecular formula is C25H33N5O4S. The summed E-state index contributed by atoms with van der Waals surface area (Å²) in [6.45, 7) is 0.335. The Morgan fingerprint density at radius 1 is 1.17 bits per heavy atom. The molecule has 0 unspecified atom stereocenters. The van der Waals surface area contributed by atoms with Crippen LogP contribution in [0.25, 0.3) is 16.7 Å². The second-order valence-corrected chi connectivity index (χ2v) is 11.6. The molecule has 9 nitrogen and oxygen atoms in total. The lowest BCUT2D eigenvalue weighted by atomic mass is 9.85. The minimum absolute atomic E-state index is 0.101. The summed E-state index contributed by atoms with van der Waals surface area (Å²) in [5, 5.41) is 4.38. The maximum absolute atomic E-state index is 12.2. The van der Waals surface area contributed by atoms with Crippen LogP contribution in [-0.2, 0) is 14.6 Å². The van der Waals surface area contributed by atoms with Crippen molar-refractivity contribution >= 4 is 32.6 Å². The van der Waals surface area contributed by atoms with Gasteiger partial charge in [0, 0.05) is 50.1 Å². The molecular weight excluding hydrogens is 466 g/mol. The van der Waals surface area contributed by atoms with Crippen LogP contribution in [0.5, 0.6) is 5.75 Å². The van der Waals surface area contributed by atoms with Crippen molar-refractivity contribution < 1.29 is 17.9 Å². The number of hydrogen-bond acceptors (Lipinski definition) is 7. The van der Waals surface area contributed by atoms with Gasteiger partial charge in [-0.15, -0.1) is 0 Å². The van der Waals surface area contributed by atoms with Crippen LogP contribution in [0.2, 0.25) is 0 Å². The molecule has 0 radical (unpaired) electrons. The number of amides is 1. The third kappa shape index (κ3) is 6.30. The van der Waals surface area contributed by atoms with Crippen LogP contribution in [0, 0.1) is 5.92 Å². The van der Waals surface area contributed by atoms with Crippen LogP contribution < -0.4 is 10.1 Å². The van der Waals surface area contributed by atoms with Gasteiger partial charge in [0.15, 0.2) is 0 Å². The van der Waals surface area contributed by atoms with E-state index in [0.29, 0.717) is 24.7 Å². The van der Waals surface area contributed by atoms with E-state index >= 15 is 0 Å². The van der Waals surface area contributed by atoms with E-state index in [2.05, 4.69) is 10.3 Å². The quantitative estimate of drug-likeness (QED) is 0.450. The van der Waals surface area contributed by atoms with Gasteiger partial charge in [0.25, 0.3) is 0 Å². The molecule has 1 aliphatic rings. The van der Waals surface area contributed by atoms with E-state index in [-0.39, 0.29) is 23.6 Å². The molecule has 4 rings (SSSR count). The average molecular weight is 500 g/mol. The predicted molar refractivity (Wildman–Crippen MR) is 137 cm³/mol. The largest absolute Gasteiger partial charge is 0.493 e. The number of sulfone groups is 1. The molecule has 188 valence electrons. The Labute approximate surface area is 206 Å². The molecule has 1 fully saturated rings. The number of benzene rings is 1. The molecule has 0 spiro atoms. The second kappa shape index (κ2) is 10.6. The molecule has 0 saturated heterocycles. The van der Waals surface area contributed by atoms with E-state index < -0.39 is 9.84 Å². The summed E-state index contributed by atoms with van der Waals surface area (Å²) in [5.41, 5.74) is 0.943. The summed E-state index contributed by atoms with van der Waals surface area (Å²) < 4.78 is 30.5. The number of carbonyl (C=O) groups is 1. The summed E-state index contributed by atoms with van der Waals surface area (Å²) in [6.07, 6.45) is 8.90. The van der Waals surface area contributed by atoms with Crippen molar-refractivity contribution in [2.24, 2.45) is 5.92 Å². The fourth-order valence-electron chi connectivity index (χ4n) is 4.55. The van der Waals surface area contributed by atoms with Crippen molar-refractivity contribution in [3.8, 4) is 11.6 Å². The van der Waals surface area contributed by atoms with E-state index in [1.165, 1.54) is 6.26 Å². The first-order chi connectivity index (χ1) is 16.7. The molecule has 2 aromatic heterocycles. The molecule has 10 heteroatoms. The molecule has 35 heavy (non-hydrogen) atoms. The van der Waals surface area contributed by atoms with Crippen molar-refractivity contribution in [3.05, 3.63) is 42.7 Å². The van der Waals surface area contributed by atoms with Gasteiger partial charge in [-0.2, -0.15) is 4.98 Å². The van der Waals surface area contributed by atoms with E-state index in [4.69, 9.17) is 9.72 Å². The number of hydrogen-bond donors (Lipinski definition) is 1. The highest BCUT2D eigenvalue weighted by atomic mass is 32.2. The van der Waals surface area contributed by atoms with Gasteiger partial charge >= 0.3 is 0 Å². The lowest BCUT2D eigenvalue weighted by molar-refractivity contribution is -0.133. The SMILES string of the molecule is CN(C)C(=O)[C@H]1CC[C@H](Nc2nccc(-n3ccc4c(OCCCS(C)(=O)=O)cccc43)n2)CC1. The summed E-state index contributed by atoms with van der Waals surface area (Å²) >= 11 is 0. The third-order valence-electron chi connectivity index (χ3n) is 6.35. The fraction of sp³-hybridized carbons (Fsp3) is 0.480. The lowest BCUT2D eigenvalue weighted by Crippen LogP contribution is -2.35. The molecule has 0 aliphatic heterocycles. The lowest BCUT2D eigenvalue weighted by Gasteiger charge is -2.29. The number of carbonyl (C=O) groups excluding carboxylic acids is 1. The molecule has 1 aliphatic carbocycles. The van der Waals surface area contributed by atoms with Crippen molar-refractivity contribution in [1.29, 1.82) is 0 Å². The Morgan fingerprint density at radius 3 is 2.66 bits per heavy atom. The highest BCUT2D eigenvalue weighted by Gasteiger charge is 2.27. The Balaban J connectivity index is 1.43. The van der Waals surface area contributed by atoms with Gasteiger partial charge in [-0.25, -0.2) is 13.4 Å². The number of aromatic nitrogens is 3.